The molecule has 1 heterocycles. The van der Waals surface area contributed by atoms with Crippen molar-refractivity contribution in [2.45, 2.75) is 6.92 Å². The minimum atomic E-state index is -0.0584. The Labute approximate surface area is 85.4 Å². The highest BCUT2D eigenvalue weighted by Gasteiger charge is 2.27. The van der Waals surface area contributed by atoms with Gasteiger partial charge in [-0.1, -0.05) is 23.2 Å². The fraction of sp³-hybridized carbons (Fsp3) is 0.222. The van der Waals surface area contributed by atoms with E-state index in [1.165, 1.54) is 0 Å². The van der Waals surface area contributed by atoms with E-state index in [0.29, 0.717) is 21.4 Å². The van der Waals surface area contributed by atoms with E-state index < -0.39 is 0 Å². The highest BCUT2D eigenvalue weighted by Crippen LogP contribution is 2.38. The van der Waals surface area contributed by atoms with Crippen molar-refractivity contribution in [2.75, 3.05) is 6.61 Å². The van der Waals surface area contributed by atoms with Crippen LogP contribution < -0.4 is 4.74 Å². The Morgan fingerprint density at radius 3 is 2.77 bits per heavy atom. The predicted octanol–water partition coefficient (Wildman–Crippen LogP) is 2.88. The quantitative estimate of drug-likeness (QED) is 0.667. The third-order valence-corrected chi connectivity index (χ3v) is 2.73. The van der Waals surface area contributed by atoms with Gasteiger partial charge in [0.2, 0.25) is 5.78 Å². The number of halogens is 2. The number of ketones is 1. The summed E-state index contributed by atoms with van der Waals surface area (Å²) in [6.45, 7) is 1.85. The summed E-state index contributed by atoms with van der Waals surface area (Å²) in [7, 11) is 0. The summed E-state index contributed by atoms with van der Waals surface area (Å²) in [5.41, 5.74) is 1.26. The molecule has 2 nitrogen and oxygen atoms in total. The molecule has 0 aliphatic carbocycles. The molecule has 1 aliphatic heterocycles. The van der Waals surface area contributed by atoms with Gasteiger partial charge in [-0.05, 0) is 18.6 Å². The molecule has 2 rings (SSSR count). The van der Waals surface area contributed by atoms with Crippen LogP contribution in [0.1, 0.15) is 15.9 Å². The number of benzene rings is 1. The van der Waals surface area contributed by atoms with Crippen molar-refractivity contribution in [3.8, 4) is 5.75 Å². The summed E-state index contributed by atoms with van der Waals surface area (Å²) in [6.07, 6.45) is 0. The van der Waals surface area contributed by atoms with Crippen LogP contribution in [0, 0.1) is 6.92 Å². The third-order valence-electron chi connectivity index (χ3n) is 2.06. The molecule has 0 amide bonds. The van der Waals surface area contributed by atoms with Crippen LogP contribution in [0.25, 0.3) is 0 Å². The second kappa shape index (κ2) is 2.89. The summed E-state index contributed by atoms with van der Waals surface area (Å²) in [5.74, 6) is 0.408. The maximum absolute atomic E-state index is 11.3. The molecular formula is C9H6Cl2O2. The van der Waals surface area contributed by atoms with Crippen LogP contribution in [0.2, 0.25) is 10.0 Å². The van der Waals surface area contributed by atoms with Gasteiger partial charge in [0.15, 0.2) is 6.61 Å². The molecule has 0 saturated carbocycles. The predicted molar refractivity (Wildman–Crippen MR) is 51.0 cm³/mol. The van der Waals surface area contributed by atoms with Crippen molar-refractivity contribution < 1.29 is 9.53 Å². The normalized spacial score (nSPS) is 14.2. The molecular weight excluding hydrogens is 211 g/mol. The van der Waals surface area contributed by atoms with Gasteiger partial charge in [-0.15, -0.1) is 0 Å². The monoisotopic (exact) mass is 216 g/mol. The van der Waals surface area contributed by atoms with Gasteiger partial charge >= 0.3 is 0 Å². The Morgan fingerprint density at radius 1 is 1.38 bits per heavy atom. The van der Waals surface area contributed by atoms with E-state index in [0.717, 1.165) is 5.56 Å². The van der Waals surface area contributed by atoms with Gasteiger partial charge in [-0.3, -0.25) is 4.79 Å². The zero-order valence-electron chi connectivity index (χ0n) is 6.86. The van der Waals surface area contributed by atoms with Gasteiger partial charge in [-0.25, -0.2) is 0 Å². The van der Waals surface area contributed by atoms with Gasteiger partial charge in [0.1, 0.15) is 5.75 Å². The Kier molecular flexibility index (Phi) is 1.97. The fourth-order valence-corrected chi connectivity index (χ4v) is 1.90. The van der Waals surface area contributed by atoms with E-state index >= 15 is 0 Å². The number of Topliss-reactive ketones (excluding diaryl/α,β-unsaturated/α-hetero) is 1. The Bertz CT molecular complexity index is 399. The number of carbonyl (C=O) groups excluding carboxylic acids is 1. The first kappa shape index (κ1) is 8.85. The van der Waals surface area contributed by atoms with E-state index in [1.54, 1.807) is 13.0 Å². The number of carbonyl (C=O) groups is 1. The number of hydrogen-bond acceptors (Lipinski definition) is 2. The molecule has 1 aromatic rings. The van der Waals surface area contributed by atoms with E-state index in [2.05, 4.69) is 0 Å². The number of hydrogen-bond donors (Lipinski definition) is 0. The van der Waals surface area contributed by atoms with Gasteiger partial charge < -0.3 is 4.74 Å². The molecule has 4 heteroatoms. The standard InChI is InChI=1S/C9H6Cl2O2/c1-4-5(10)2-6(11)9-8(4)7(12)3-13-9/h2H,3H2,1H3. The van der Waals surface area contributed by atoms with Crippen molar-refractivity contribution >= 4 is 29.0 Å². The van der Waals surface area contributed by atoms with Crippen LogP contribution in [0.3, 0.4) is 0 Å². The molecule has 0 unspecified atom stereocenters. The fourth-order valence-electron chi connectivity index (χ4n) is 1.38. The first-order valence-electron chi connectivity index (χ1n) is 3.76. The summed E-state index contributed by atoms with van der Waals surface area (Å²) < 4.78 is 5.14. The molecule has 0 N–H and O–H groups in total. The molecule has 1 aromatic carbocycles. The maximum atomic E-state index is 11.3. The molecule has 0 atom stereocenters. The lowest BCUT2D eigenvalue weighted by atomic mass is 10.1. The van der Waals surface area contributed by atoms with Gasteiger partial charge in [-0.2, -0.15) is 0 Å². The van der Waals surface area contributed by atoms with Gasteiger partial charge in [0.25, 0.3) is 0 Å². The zero-order valence-corrected chi connectivity index (χ0v) is 8.37. The molecule has 68 valence electrons. The summed E-state index contributed by atoms with van der Waals surface area (Å²) in [5, 5.41) is 0.902. The third kappa shape index (κ3) is 1.21. The Balaban J connectivity index is 2.77. The van der Waals surface area contributed by atoms with Crippen molar-refractivity contribution in [3.63, 3.8) is 0 Å². The van der Waals surface area contributed by atoms with Crippen LogP contribution in [0.5, 0.6) is 5.75 Å². The first-order chi connectivity index (χ1) is 6.11. The lowest BCUT2D eigenvalue weighted by molar-refractivity contribution is 0.0961. The van der Waals surface area contributed by atoms with Crippen molar-refractivity contribution in [1.29, 1.82) is 0 Å². The van der Waals surface area contributed by atoms with E-state index in [1.807, 2.05) is 0 Å². The SMILES string of the molecule is Cc1c(Cl)cc(Cl)c2c1C(=O)CO2. The van der Waals surface area contributed by atoms with Crippen LogP contribution in [-0.4, -0.2) is 12.4 Å². The largest absolute Gasteiger partial charge is 0.483 e. The lowest BCUT2D eigenvalue weighted by Gasteiger charge is -2.05. The topological polar surface area (TPSA) is 26.3 Å². The molecule has 0 spiro atoms. The molecule has 13 heavy (non-hydrogen) atoms. The number of rotatable bonds is 0. The highest BCUT2D eigenvalue weighted by atomic mass is 35.5. The minimum Gasteiger partial charge on any atom is -0.483 e. The summed E-state index contributed by atoms with van der Waals surface area (Å²) in [4.78, 5) is 11.3. The average Bonchev–Trinajstić information content (AvgIpc) is 2.44. The van der Waals surface area contributed by atoms with E-state index in [-0.39, 0.29) is 12.4 Å². The van der Waals surface area contributed by atoms with Crippen LogP contribution in [0.15, 0.2) is 6.07 Å². The lowest BCUT2D eigenvalue weighted by Crippen LogP contribution is -2.00. The first-order valence-corrected chi connectivity index (χ1v) is 4.51. The Hall–Kier alpha value is -0.730. The zero-order chi connectivity index (χ0) is 9.59. The minimum absolute atomic E-state index is 0.0584. The highest BCUT2D eigenvalue weighted by molar-refractivity contribution is 6.37. The van der Waals surface area contributed by atoms with Crippen LogP contribution >= 0.6 is 23.2 Å². The maximum Gasteiger partial charge on any atom is 0.204 e. The second-order valence-electron chi connectivity index (χ2n) is 2.88. The Morgan fingerprint density at radius 2 is 2.08 bits per heavy atom. The van der Waals surface area contributed by atoms with Crippen molar-refractivity contribution in [2.24, 2.45) is 0 Å². The molecule has 0 radical (unpaired) electrons. The molecule has 0 bridgehead atoms. The average molecular weight is 217 g/mol. The van der Waals surface area contributed by atoms with E-state index in [9.17, 15) is 4.79 Å². The summed E-state index contributed by atoms with van der Waals surface area (Å²) in [6, 6.07) is 1.59. The second-order valence-corrected chi connectivity index (χ2v) is 3.70. The van der Waals surface area contributed by atoms with Crippen molar-refractivity contribution in [1.82, 2.24) is 0 Å². The van der Waals surface area contributed by atoms with E-state index in [4.69, 9.17) is 27.9 Å². The molecule has 1 aliphatic rings. The number of ether oxygens (including phenoxy) is 1. The van der Waals surface area contributed by atoms with Gasteiger partial charge in [0.05, 0.1) is 10.6 Å². The van der Waals surface area contributed by atoms with Crippen molar-refractivity contribution in [3.05, 3.63) is 27.2 Å². The molecule has 0 aromatic heterocycles. The summed E-state index contributed by atoms with van der Waals surface area (Å²) >= 11 is 11.7. The van der Waals surface area contributed by atoms with Crippen LogP contribution in [-0.2, 0) is 0 Å². The smallest absolute Gasteiger partial charge is 0.204 e. The number of fused-ring (bicyclic) bond motifs is 1. The molecule has 0 saturated heterocycles. The molecule has 0 fully saturated rings. The van der Waals surface area contributed by atoms with Gasteiger partial charge in [0, 0.05) is 5.02 Å². The van der Waals surface area contributed by atoms with Crippen LogP contribution in [0.4, 0.5) is 0 Å².